The van der Waals surface area contributed by atoms with Crippen molar-refractivity contribution in [2.24, 2.45) is 11.7 Å². The molecule has 2 rings (SSSR count). The molecule has 80 valence electrons. The number of rotatable bonds is 3. The number of amides is 1. The monoisotopic (exact) mass is 220 g/mol. The van der Waals surface area contributed by atoms with Crippen molar-refractivity contribution in [1.82, 2.24) is 5.32 Å². The van der Waals surface area contributed by atoms with Crippen molar-refractivity contribution in [2.75, 3.05) is 6.26 Å². The zero-order valence-corrected chi connectivity index (χ0v) is 8.50. The van der Waals surface area contributed by atoms with Crippen LogP contribution < -0.4 is 11.1 Å². The highest BCUT2D eigenvalue weighted by Gasteiger charge is 2.64. The van der Waals surface area contributed by atoms with Crippen molar-refractivity contribution >= 4 is 16.0 Å². The van der Waals surface area contributed by atoms with Crippen LogP contribution in [-0.4, -0.2) is 32.3 Å². The molecule has 0 radical (unpaired) electrons. The zero-order valence-electron chi connectivity index (χ0n) is 7.69. The van der Waals surface area contributed by atoms with E-state index in [1.54, 1.807) is 0 Å². The maximum atomic E-state index is 10.9. The van der Waals surface area contributed by atoms with Gasteiger partial charge in [-0.25, -0.2) is 4.18 Å². The molecule has 0 spiro atoms. The Hall–Kier alpha value is -0.660. The van der Waals surface area contributed by atoms with Gasteiger partial charge in [0.05, 0.1) is 12.3 Å². The van der Waals surface area contributed by atoms with Gasteiger partial charge in [-0.15, -0.1) is 0 Å². The summed E-state index contributed by atoms with van der Waals surface area (Å²) >= 11 is 0. The van der Waals surface area contributed by atoms with Gasteiger partial charge in [0.1, 0.15) is 5.72 Å². The van der Waals surface area contributed by atoms with E-state index < -0.39 is 27.8 Å². The van der Waals surface area contributed by atoms with E-state index in [1.165, 1.54) is 0 Å². The third-order valence-corrected chi connectivity index (χ3v) is 3.23. The molecule has 1 heterocycles. The van der Waals surface area contributed by atoms with Crippen molar-refractivity contribution in [1.29, 1.82) is 0 Å². The van der Waals surface area contributed by atoms with Crippen molar-refractivity contribution in [3.63, 3.8) is 0 Å². The van der Waals surface area contributed by atoms with Gasteiger partial charge >= 0.3 is 0 Å². The van der Waals surface area contributed by atoms with Crippen LogP contribution in [0, 0.1) is 5.92 Å². The van der Waals surface area contributed by atoms with Gasteiger partial charge in [-0.3, -0.25) is 10.1 Å². The molecule has 0 bridgehead atoms. The highest BCUT2D eigenvalue weighted by Crippen LogP contribution is 2.53. The summed E-state index contributed by atoms with van der Waals surface area (Å²) in [4.78, 5) is 10.8. The number of primary amides is 1. The van der Waals surface area contributed by atoms with E-state index in [2.05, 4.69) is 5.32 Å². The molecule has 0 unspecified atom stereocenters. The first-order chi connectivity index (χ1) is 6.32. The third-order valence-electron chi connectivity index (χ3n) is 2.63. The minimum Gasteiger partial charge on any atom is -0.368 e. The van der Waals surface area contributed by atoms with Gasteiger partial charge in [0.25, 0.3) is 10.1 Å². The van der Waals surface area contributed by atoms with E-state index in [-0.39, 0.29) is 5.92 Å². The Morgan fingerprint density at radius 2 is 2.29 bits per heavy atom. The number of fused-ring (bicyclic) bond motifs is 1. The van der Waals surface area contributed by atoms with Crippen LogP contribution in [0.25, 0.3) is 0 Å². The Morgan fingerprint density at radius 3 is 2.71 bits per heavy atom. The molecule has 1 saturated heterocycles. The number of piperidine rings is 1. The Balaban J connectivity index is 2.06. The second-order valence-corrected chi connectivity index (χ2v) is 5.49. The molecule has 1 amide bonds. The minimum atomic E-state index is -3.49. The highest BCUT2D eigenvalue weighted by atomic mass is 32.2. The fraction of sp³-hybridized carbons (Fsp3) is 0.857. The summed E-state index contributed by atoms with van der Waals surface area (Å²) in [6, 6.07) is -0.463. The first-order valence-electron chi connectivity index (χ1n) is 4.30. The molecule has 0 aromatic carbocycles. The summed E-state index contributed by atoms with van der Waals surface area (Å²) in [5.74, 6) is -0.372. The number of hydrogen-bond donors (Lipinski definition) is 2. The Bertz CT molecular complexity index is 379. The van der Waals surface area contributed by atoms with Gasteiger partial charge in [-0.1, -0.05) is 0 Å². The van der Waals surface area contributed by atoms with Crippen LogP contribution in [-0.2, 0) is 19.1 Å². The lowest BCUT2D eigenvalue weighted by molar-refractivity contribution is -0.120. The first kappa shape index (κ1) is 9.88. The molecular formula is C7H12N2O4S. The van der Waals surface area contributed by atoms with Crippen molar-refractivity contribution in [2.45, 2.75) is 24.6 Å². The molecule has 1 aliphatic heterocycles. The van der Waals surface area contributed by atoms with Crippen LogP contribution in [0.1, 0.15) is 12.8 Å². The van der Waals surface area contributed by atoms with Crippen LogP contribution in [0.2, 0.25) is 0 Å². The molecule has 2 fully saturated rings. The maximum absolute atomic E-state index is 10.9. The third kappa shape index (κ3) is 1.62. The predicted molar refractivity (Wildman–Crippen MR) is 47.5 cm³/mol. The van der Waals surface area contributed by atoms with Crippen LogP contribution >= 0.6 is 0 Å². The van der Waals surface area contributed by atoms with Crippen LogP contribution in [0.15, 0.2) is 0 Å². The summed E-state index contributed by atoms with van der Waals surface area (Å²) in [7, 11) is -3.49. The van der Waals surface area contributed by atoms with Gasteiger partial charge in [0.15, 0.2) is 0 Å². The standard InChI is InChI=1S/C7H12N2O4S/c1-14(11,12)13-7-3-4(7)2-5(9-7)6(8)10/h4-5,9H,2-3H2,1H3,(H2,8,10)/t4-,5-,7-/m0/s1. The summed E-state index contributed by atoms with van der Waals surface area (Å²) < 4.78 is 26.7. The van der Waals surface area contributed by atoms with Gasteiger partial charge in [-0.05, 0) is 12.8 Å². The van der Waals surface area contributed by atoms with Crippen LogP contribution in [0.3, 0.4) is 0 Å². The fourth-order valence-corrected chi connectivity index (χ4v) is 2.77. The summed E-state index contributed by atoms with van der Waals surface area (Å²) in [5.41, 5.74) is 4.26. The lowest BCUT2D eigenvalue weighted by Gasteiger charge is -2.15. The number of nitrogens with two attached hydrogens (primary N) is 1. The lowest BCUT2D eigenvalue weighted by Crippen LogP contribution is -2.45. The second kappa shape index (κ2) is 2.68. The largest absolute Gasteiger partial charge is 0.368 e. The Kier molecular flexibility index (Phi) is 1.89. The summed E-state index contributed by atoms with van der Waals surface area (Å²) in [5, 5.41) is 2.82. The molecular weight excluding hydrogens is 208 g/mol. The molecule has 14 heavy (non-hydrogen) atoms. The van der Waals surface area contributed by atoms with Gasteiger partial charge < -0.3 is 5.73 Å². The molecule has 3 atom stereocenters. The van der Waals surface area contributed by atoms with E-state index in [0.717, 1.165) is 6.26 Å². The number of nitrogens with one attached hydrogen (secondary N) is 1. The van der Waals surface area contributed by atoms with Crippen molar-refractivity contribution < 1.29 is 17.4 Å². The van der Waals surface area contributed by atoms with E-state index in [1.807, 2.05) is 0 Å². The van der Waals surface area contributed by atoms with E-state index in [4.69, 9.17) is 9.92 Å². The fourth-order valence-electron chi connectivity index (χ4n) is 1.98. The smallest absolute Gasteiger partial charge is 0.266 e. The van der Waals surface area contributed by atoms with Crippen molar-refractivity contribution in [3.05, 3.63) is 0 Å². The normalized spacial score (nSPS) is 40.6. The van der Waals surface area contributed by atoms with Crippen LogP contribution in [0.5, 0.6) is 0 Å². The summed E-state index contributed by atoms with van der Waals surface area (Å²) in [6.45, 7) is 0. The average Bonchev–Trinajstić information content (AvgIpc) is 2.48. The number of carbonyl (C=O) groups excluding carboxylic acids is 1. The molecule has 0 aromatic rings. The summed E-state index contributed by atoms with van der Waals surface area (Å²) in [6.07, 6.45) is 2.19. The van der Waals surface area contributed by atoms with Crippen molar-refractivity contribution in [3.8, 4) is 0 Å². The minimum absolute atomic E-state index is 0.0923. The average molecular weight is 220 g/mol. The number of carbonyl (C=O) groups is 1. The highest BCUT2D eigenvalue weighted by molar-refractivity contribution is 7.86. The topological polar surface area (TPSA) is 98.5 Å². The second-order valence-electron chi connectivity index (χ2n) is 3.91. The molecule has 0 aromatic heterocycles. The molecule has 2 aliphatic rings. The van der Waals surface area contributed by atoms with E-state index in [0.29, 0.717) is 12.8 Å². The number of hydrogen-bond acceptors (Lipinski definition) is 5. The maximum Gasteiger partial charge on any atom is 0.266 e. The molecule has 7 heteroatoms. The lowest BCUT2D eigenvalue weighted by atomic mass is 10.2. The van der Waals surface area contributed by atoms with Gasteiger partial charge in [0, 0.05) is 5.92 Å². The zero-order chi connectivity index (χ0) is 10.6. The Labute approximate surface area is 81.9 Å². The quantitative estimate of drug-likeness (QED) is 0.565. The Morgan fingerprint density at radius 1 is 1.64 bits per heavy atom. The first-order valence-corrected chi connectivity index (χ1v) is 6.12. The van der Waals surface area contributed by atoms with Gasteiger partial charge in [-0.2, -0.15) is 8.42 Å². The molecule has 1 aliphatic carbocycles. The predicted octanol–water partition coefficient (Wildman–Crippen LogP) is -1.47. The van der Waals surface area contributed by atoms with Gasteiger partial charge in [0.2, 0.25) is 5.91 Å². The SMILES string of the molecule is CS(=O)(=O)O[C@@]12C[C@@H]1C[C@@H](C(N)=O)N2. The molecule has 6 nitrogen and oxygen atoms in total. The van der Waals surface area contributed by atoms with E-state index >= 15 is 0 Å². The van der Waals surface area contributed by atoms with Crippen LogP contribution in [0.4, 0.5) is 0 Å². The van der Waals surface area contributed by atoms with E-state index in [9.17, 15) is 13.2 Å². The molecule has 3 N–H and O–H groups in total. The molecule has 1 saturated carbocycles.